The van der Waals surface area contributed by atoms with Crippen molar-refractivity contribution in [3.8, 4) is 0 Å². The molecule has 0 spiro atoms. The minimum Gasteiger partial charge on any atom is -0.324 e. The summed E-state index contributed by atoms with van der Waals surface area (Å²) >= 11 is 5.59. The van der Waals surface area contributed by atoms with Crippen LogP contribution in [-0.2, 0) is 5.41 Å². The lowest BCUT2D eigenvalue weighted by Crippen LogP contribution is -2.36. The predicted molar refractivity (Wildman–Crippen MR) is 63.8 cm³/mol. The molecule has 2 aliphatic rings. The maximum Gasteiger partial charge on any atom is 0.0323 e. The maximum absolute atomic E-state index is 6.38. The number of thiophene rings is 1. The molecule has 0 bridgehead atoms. The van der Waals surface area contributed by atoms with E-state index in [0.717, 1.165) is 0 Å². The summed E-state index contributed by atoms with van der Waals surface area (Å²) in [5, 5.41) is 0. The van der Waals surface area contributed by atoms with Crippen LogP contribution in [-0.4, -0.2) is 5.54 Å². The highest BCUT2D eigenvalue weighted by molar-refractivity contribution is 9.10. The average Bonchev–Trinajstić information content (AvgIpc) is 2.97. The van der Waals surface area contributed by atoms with E-state index in [0.29, 0.717) is 5.41 Å². The Bertz CT molecular complexity index is 388. The SMILES string of the molecule is Cc1cc(Br)c(C2(C3(N)CC3)CC2)s1. The summed E-state index contributed by atoms with van der Waals surface area (Å²) in [7, 11) is 0. The first kappa shape index (κ1) is 9.37. The monoisotopic (exact) mass is 271 g/mol. The Balaban J connectivity index is 2.06. The van der Waals surface area contributed by atoms with E-state index >= 15 is 0 Å². The van der Waals surface area contributed by atoms with Gasteiger partial charge in [-0.25, -0.2) is 0 Å². The van der Waals surface area contributed by atoms with Gasteiger partial charge in [0.25, 0.3) is 0 Å². The van der Waals surface area contributed by atoms with Crippen molar-refractivity contribution in [1.29, 1.82) is 0 Å². The molecular formula is C11H14BrNS. The molecule has 0 atom stereocenters. The highest BCUT2D eigenvalue weighted by Gasteiger charge is 2.65. The molecule has 1 aromatic heterocycles. The minimum absolute atomic E-state index is 0.146. The van der Waals surface area contributed by atoms with Crippen LogP contribution in [0.2, 0.25) is 0 Å². The number of aryl methyl sites for hydroxylation is 1. The summed E-state index contributed by atoms with van der Waals surface area (Å²) in [5.74, 6) is 0. The molecule has 2 saturated carbocycles. The van der Waals surface area contributed by atoms with Crippen molar-refractivity contribution in [2.45, 2.75) is 43.6 Å². The van der Waals surface area contributed by atoms with Gasteiger partial charge in [-0.1, -0.05) is 0 Å². The topological polar surface area (TPSA) is 26.0 Å². The van der Waals surface area contributed by atoms with E-state index in [-0.39, 0.29) is 5.54 Å². The molecule has 14 heavy (non-hydrogen) atoms. The zero-order valence-corrected chi connectivity index (χ0v) is 10.7. The Hall–Kier alpha value is 0.140. The van der Waals surface area contributed by atoms with Crippen LogP contribution in [0.3, 0.4) is 0 Å². The number of hydrogen-bond acceptors (Lipinski definition) is 2. The number of halogens is 1. The molecule has 0 saturated heterocycles. The average molecular weight is 272 g/mol. The van der Waals surface area contributed by atoms with Crippen LogP contribution in [0.1, 0.15) is 35.4 Å². The Labute approximate surface area is 96.8 Å². The predicted octanol–water partition coefficient (Wildman–Crippen LogP) is 3.34. The second-order valence-corrected chi connectivity index (χ2v) is 6.88. The Kier molecular flexibility index (Phi) is 1.76. The van der Waals surface area contributed by atoms with Gasteiger partial charge in [0, 0.05) is 25.2 Å². The molecule has 76 valence electrons. The van der Waals surface area contributed by atoms with Gasteiger partial charge in [-0.15, -0.1) is 11.3 Å². The molecular weight excluding hydrogens is 258 g/mol. The Morgan fingerprint density at radius 2 is 2.00 bits per heavy atom. The fourth-order valence-electron chi connectivity index (χ4n) is 2.50. The summed E-state index contributed by atoms with van der Waals surface area (Å²) in [6.07, 6.45) is 5.02. The van der Waals surface area contributed by atoms with Crippen molar-refractivity contribution in [1.82, 2.24) is 0 Å². The van der Waals surface area contributed by atoms with Crippen molar-refractivity contribution in [2.75, 3.05) is 0 Å². The Morgan fingerprint density at radius 1 is 1.36 bits per heavy atom. The van der Waals surface area contributed by atoms with Gasteiger partial charge in [-0.3, -0.25) is 0 Å². The van der Waals surface area contributed by atoms with Crippen LogP contribution >= 0.6 is 27.3 Å². The number of nitrogens with two attached hydrogens (primary N) is 1. The third-order valence-electron chi connectivity index (χ3n) is 3.74. The lowest BCUT2D eigenvalue weighted by atomic mass is 9.93. The van der Waals surface area contributed by atoms with Gasteiger partial charge in [0.15, 0.2) is 0 Å². The van der Waals surface area contributed by atoms with Gasteiger partial charge in [0.2, 0.25) is 0 Å². The molecule has 1 heterocycles. The van der Waals surface area contributed by atoms with E-state index in [2.05, 4.69) is 28.9 Å². The second kappa shape index (κ2) is 2.63. The molecule has 3 rings (SSSR count). The number of rotatable bonds is 2. The van der Waals surface area contributed by atoms with E-state index in [4.69, 9.17) is 5.73 Å². The van der Waals surface area contributed by atoms with Crippen molar-refractivity contribution >= 4 is 27.3 Å². The van der Waals surface area contributed by atoms with Crippen molar-refractivity contribution in [3.05, 3.63) is 20.3 Å². The highest BCUT2D eigenvalue weighted by Crippen LogP contribution is 2.65. The lowest BCUT2D eigenvalue weighted by Gasteiger charge is -2.22. The molecule has 2 N–H and O–H groups in total. The molecule has 1 nitrogen and oxygen atoms in total. The molecule has 0 amide bonds. The van der Waals surface area contributed by atoms with Gasteiger partial charge in [0.1, 0.15) is 0 Å². The van der Waals surface area contributed by atoms with Crippen LogP contribution in [0.4, 0.5) is 0 Å². The zero-order valence-electron chi connectivity index (χ0n) is 8.27. The molecule has 1 aromatic rings. The quantitative estimate of drug-likeness (QED) is 0.878. The lowest BCUT2D eigenvalue weighted by molar-refractivity contribution is 0.510. The highest BCUT2D eigenvalue weighted by atomic mass is 79.9. The summed E-state index contributed by atoms with van der Waals surface area (Å²) in [6, 6.07) is 2.23. The summed E-state index contributed by atoms with van der Waals surface area (Å²) in [4.78, 5) is 2.90. The number of hydrogen-bond donors (Lipinski definition) is 1. The maximum atomic E-state index is 6.38. The van der Waals surface area contributed by atoms with E-state index in [9.17, 15) is 0 Å². The van der Waals surface area contributed by atoms with Gasteiger partial charge in [0.05, 0.1) is 0 Å². The van der Waals surface area contributed by atoms with Gasteiger partial charge in [-0.05, 0) is 54.6 Å². The smallest absolute Gasteiger partial charge is 0.0323 e. The first-order chi connectivity index (χ1) is 6.57. The molecule has 2 fully saturated rings. The summed E-state index contributed by atoms with van der Waals surface area (Å²) in [6.45, 7) is 2.17. The molecule has 2 aliphatic carbocycles. The Morgan fingerprint density at radius 3 is 2.36 bits per heavy atom. The fraction of sp³-hybridized carbons (Fsp3) is 0.636. The van der Waals surface area contributed by atoms with Crippen LogP contribution in [0, 0.1) is 6.92 Å². The van der Waals surface area contributed by atoms with Crippen molar-refractivity contribution in [3.63, 3.8) is 0 Å². The van der Waals surface area contributed by atoms with Gasteiger partial charge in [-0.2, -0.15) is 0 Å². The second-order valence-electron chi connectivity index (χ2n) is 4.77. The summed E-state index contributed by atoms with van der Waals surface area (Å²) < 4.78 is 1.29. The van der Waals surface area contributed by atoms with Gasteiger partial charge >= 0.3 is 0 Å². The van der Waals surface area contributed by atoms with E-state index in [1.807, 2.05) is 11.3 Å². The molecule has 0 unspecified atom stereocenters. The van der Waals surface area contributed by atoms with E-state index < -0.39 is 0 Å². The third-order valence-corrected chi connectivity index (χ3v) is 5.88. The molecule has 0 aliphatic heterocycles. The van der Waals surface area contributed by atoms with E-state index in [1.165, 1.54) is 39.9 Å². The van der Waals surface area contributed by atoms with Crippen LogP contribution in [0.5, 0.6) is 0 Å². The van der Waals surface area contributed by atoms with E-state index in [1.54, 1.807) is 0 Å². The van der Waals surface area contributed by atoms with Crippen LogP contribution < -0.4 is 5.73 Å². The van der Waals surface area contributed by atoms with Crippen molar-refractivity contribution < 1.29 is 0 Å². The van der Waals surface area contributed by atoms with Crippen LogP contribution in [0.15, 0.2) is 10.5 Å². The first-order valence-corrected chi connectivity index (χ1v) is 6.74. The summed E-state index contributed by atoms with van der Waals surface area (Å²) in [5.41, 5.74) is 6.88. The fourth-order valence-corrected chi connectivity index (χ4v) is 4.87. The largest absolute Gasteiger partial charge is 0.324 e. The molecule has 0 aromatic carbocycles. The minimum atomic E-state index is 0.146. The third kappa shape index (κ3) is 1.09. The van der Waals surface area contributed by atoms with Crippen molar-refractivity contribution in [2.24, 2.45) is 5.73 Å². The normalized spacial score (nSPS) is 26.2. The van der Waals surface area contributed by atoms with Gasteiger partial charge < -0.3 is 5.73 Å². The first-order valence-electron chi connectivity index (χ1n) is 5.13. The molecule has 3 heteroatoms. The zero-order chi connectivity index (χ0) is 9.97. The standard InChI is InChI=1S/C11H14BrNS/c1-7-6-8(12)9(14-7)10(2-3-10)11(13)4-5-11/h6H,2-5,13H2,1H3. The molecule has 0 radical (unpaired) electrons. The van der Waals surface area contributed by atoms with Crippen LogP contribution in [0.25, 0.3) is 0 Å².